The summed E-state index contributed by atoms with van der Waals surface area (Å²) in [5.41, 5.74) is 0. The average molecular weight is 255 g/mol. The van der Waals surface area contributed by atoms with Gasteiger partial charge in [-0.25, -0.2) is 4.98 Å². The van der Waals surface area contributed by atoms with E-state index in [-0.39, 0.29) is 5.88 Å². The lowest BCUT2D eigenvalue weighted by atomic mass is 10.0. The van der Waals surface area contributed by atoms with Gasteiger partial charge in [-0.3, -0.25) is 0 Å². The monoisotopic (exact) mass is 255 g/mol. The van der Waals surface area contributed by atoms with Gasteiger partial charge in [0.1, 0.15) is 0 Å². The van der Waals surface area contributed by atoms with Gasteiger partial charge in [0.15, 0.2) is 0 Å². The van der Waals surface area contributed by atoms with Gasteiger partial charge >= 0.3 is 0 Å². The minimum atomic E-state index is -0.514. The zero-order valence-corrected chi connectivity index (χ0v) is 11.4. The maximum atomic E-state index is 13.4. The summed E-state index contributed by atoms with van der Waals surface area (Å²) in [5, 5.41) is 2.76. The fourth-order valence-electron chi connectivity index (χ4n) is 1.67. The second-order valence-corrected chi connectivity index (χ2v) is 4.32. The highest BCUT2D eigenvalue weighted by Gasteiger charge is 2.11. The van der Waals surface area contributed by atoms with Crippen molar-refractivity contribution in [1.82, 2.24) is 9.97 Å². The molecule has 0 aliphatic heterocycles. The summed E-state index contributed by atoms with van der Waals surface area (Å²) in [4.78, 5) is 7.73. The number of nitrogens with zero attached hydrogens (tertiary/aromatic N) is 2. The molecule has 0 aliphatic rings. The molecule has 0 saturated carbocycles. The molecule has 18 heavy (non-hydrogen) atoms. The van der Waals surface area contributed by atoms with E-state index in [2.05, 4.69) is 29.1 Å². The van der Waals surface area contributed by atoms with E-state index in [0.29, 0.717) is 18.5 Å². The van der Waals surface area contributed by atoms with Gasteiger partial charge in [-0.15, -0.1) is 0 Å². The molecule has 1 aromatic rings. The summed E-state index contributed by atoms with van der Waals surface area (Å²) >= 11 is 0. The van der Waals surface area contributed by atoms with E-state index in [1.807, 2.05) is 0 Å². The van der Waals surface area contributed by atoms with Crippen LogP contribution in [-0.2, 0) is 0 Å². The Morgan fingerprint density at radius 1 is 1.44 bits per heavy atom. The van der Waals surface area contributed by atoms with Gasteiger partial charge in [0.25, 0.3) is 5.88 Å². The van der Waals surface area contributed by atoms with E-state index in [1.54, 1.807) is 7.05 Å². The van der Waals surface area contributed by atoms with Crippen molar-refractivity contribution >= 4 is 5.95 Å². The molecule has 1 unspecified atom stereocenters. The third-order valence-electron chi connectivity index (χ3n) is 2.93. The van der Waals surface area contributed by atoms with Gasteiger partial charge in [0, 0.05) is 7.05 Å². The Hall–Kier alpha value is -1.39. The molecule has 0 aliphatic carbocycles. The van der Waals surface area contributed by atoms with Crippen LogP contribution in [0.5, 0.6) is 5.88 Å². The van der Waals surface area contributed by atoms with Crippen molar-refractivity contribution in [2.75, 3.05) is 19.0 Å². The number of hydrogen-bond donors (Lipinski definition) is 1. The molecule has 1 N–H and O–H groups in total. The van der Waals surface area contributed by atoms with E-state index in [9.17, 15) is 4.39 Å². The summed E-state index contributed by atoms with van der Waals surface area (Å²) in [6, 6.07) is 0. The first-order valence-corrected chi connectivity index (χ1v) is 6.54. The second kappa shape index (κ2) is 7.84. The normalized spacial score (nSPS) is 12.2. The zero-order valence-electron chi connectivity index (χ0n) is 11.4. The number of rotatable bonds is 8. The smallest absolute Gasteiger partial charge is 0.255 e. The number of anilines is 1. The maximum Gasteiger partial charge on any atom is 0.255 e. The van der Waals surface area contributed by atoms with E-state index < -0.39 is 5.82 Å². The van der Waals surface area contributed by atoms with Crippen LogP contribution in [0.1, 0.15) is 39.5 Å². The molecule has 102 valence electrons. The molecule has 1 aromatic heterocycles. The Morgan fingerprint density at radius 2 is 2.22 bits per heavy atom. The average Bonchev–Trinajstić information content (AvgIpc) is 2.40. The van der Waals surface area contributed by atoms with Gasteiger partial charge in [-0.2, -0.15) is 9.37 Å². The van der Waals surface area contributed by atoms with Crippen molar-refractivity contribution in [1.29, 1.82) is 0 Å². The topological polar surface area (TPSA) is 47.0 Å². The predicted molar refractivity (Wildman–Crippen MR) is 70.3 cm³/mol. The molecule has 0 bridgehead atoms. The molecular weight excluding hydrogens is 233 g/mol. The number of nitrogens with one attached hydrogen (secondary N) is 1. The Labute approximate surface area is 108 Å². The van der Waals surface area contributed by atoms with E-state index in [4.69, 9.17) is 4.74 Å². The lowest BCUT2D eigenvalue weighted by molar-refractivity contribution is 0.216. The Morgan fingerprint density at radius 3 is 2.83 bits per heavy atom. The largest absolute Gasteiger partial charge is 0.475 e. The van der Waals surface area contributed by atoms with Crippen LogP contribution in [0.25, 0.3) is 0 Å². The first-order valence-electron chi connectivity index (χ1n) is 6.54. The van der Waals surface area contributed by atoms with Crippen molar-refractivity contribution < 1.29 is 9.13 Å². The number of halogens is 1. The molecule has 0 saturated heterocycles. The lowest BCUT2D eigenvalue weighted by Crippen LogP contribution is -2.13. The van der Waals surface area contributed by atoms with E-state index in [0.717, 1.165) is 19.0 Å². The molecule has 1 rings (SSSR count). The standard InChI is InChI=1S/C13H22FN3O/c1-4-6-7-10(5-2)9-18-12-11(14)8-16-13(15-3)17-12/h8,10H,4-7,9H2,1-3H3,(H,15,16,17). The number of hydrogen-bond acceptors (Lipinski definition) is 4. The molecule has 0 radical (unpaired) electrons. The summed E-state index contributed by atoms with van der Waals surface area (Å²) < 4.78 is 18.9. The summed E-state index contributed by atoms with van der Waals surface area (Å²) in [7, 11) is 1.69. The van der Waals surface area contributed by atoms with E-state index in [1.165, 1.54) is 12.8 Å². The van der Waals surface area contributed by atoms with Crippen LogP contribution in [0.2, 0.25) is 0 Å². The van der Waals surface area contributed by atoms with Gasteiger partial charge in [-0.1, -0.05) is 33.1 Å². The number of ether oxygens (including phenoxy) is 1. The summed E-state index contributed by atoms with van der Waals surface area (Å²) in [5.74, 6) is 0.342. The number of aromatic nitrogens is 2. The summed E-state index contributed by atoms with van der Waals surface area (Å²) in [6.45, 7) is 4.80. The van der Waals surface area contributed by atoms with Crippen molar-refractivity contribution in [2.24, 2.45) is 5.92 Å². The van der Waals surface area contributed by atoms with Crippen LogP contribution in [0.15, 0.2) is 6.20 Å². The predicted octanol–water partition coefficient (Wildman–Crippen LogP) is 3.25. The highest BCUT2D eigenvalue weighted by atomic mass is 19.1. The van der Waals surface area contributed by atoms with Gasteiger partial charge in [0.2, 0.25) is 11.8 Å². The molecule has 4 nitrogen and oxygen atoms in total. The van der Waals surface area contributed by atoms with Gasteiger partial charge in [-0.05, 0) is 12.3 Å². The highest BCUT2D eigenvalue weighted by molar-refractivity contribution is 5.27. The van der Waals surface area contributed by atoms with Gasteiger partial charge in [0.05, 0.1) is 12.8 Å². The Balaban J connectivity index is 2.55. The Bertz CT molecular complexity index is 360. The van der Waals surface area contributed by atoms with Crippen LogP contribution in [0, 0.1) is 11.7 Å². The lowest BCUT2D eigenvalue weighted by Gasteiger charge is -2.15. The third-order valence-corrected chi connectivity index (χ3v) is 2.93. The number of unbranched alkanes of at least 4 members (excludes halogenated alkanes) is 1. The fraction of sp³-hybridized carbons (Fsp3) is 0.692. The fourth-order valence-corrected chi connectivity index (χ4v) is 1.67. The molecule has 5 heteroatoms. The molecule has 1 atom stereocenters. The van der Waals surface area contributed by atoms with Crippen molar-refractivity contribution in [3.05, 3.63) is 12.0 Å². The maximum absolute atomic E-state index is 13.4. The summed E-state index contributed by atoms with van der Waals surface area (Å²) in [6.07, 6.45) is 5.61. The van der Waals surface area contributed by atoms with Crippen LogP contribution in [0.4, 0.5) is 10.3 Å². The van der Waals surface area contributed by atoms with E-state index >= 15 is 0 Å². The van der Waals surface area contributed by atoms with Crippen LogP contribution >= 0.6 is 0 Å². The van der Waals surface area contributed by atoms with Crippen LogP contribution in [-0.4, -0.2) is 23.6 Å². The van der Waals surface area contributed by atoms with Crippen LogP contribution < -0.4 is 10.1 Å². The first-order chi connectivity index (χ1) is 8.71. The molecule has 0 aromatic carbocycles. The van der Waals surface area contributed by atoms with Crippen molar-refractivity contribution in [3.8, 4) is 5.88 Å². The van der Waals surface area contributed by atoms with Gasteiger partial charge < -0.3 is 10.1 Å². The third kappa shape index (κ3) is 4.47. The van der Waals surface area contributed by atoms with Crippen LogP contribution in [0.3, 0.4) is 0 Å². The minimum absolute atomic E-state index is 0.0318. The zero-order chi connectivity index (χ0) is 13.4. The Kier molecular flexibility index (Phi) is 6.39. The molecular formula is C13H22FN3O. The molecule has 0 fully saturated rings. The first kappa shape index (κ1) is 14.7. The second-order valence-electron chi connectivity index (χ2n) is 4.32. The SMILES string of the molecule is CCCCC(CC)COc1nc(NC)ncc1F. The van der Waals surface area contributed by atoms with Crippen molar-refractivity contribution in [2.45, 2.75) is 39.5 Å². The van der Waals surface area contributed by atoms with Crippen molar-refractivity contribution in [3.63, 3.8) is 0 Å². The minimum Gasteiger partial charge on any atom is -0.475 e. The molecule has 1 heterocycles. The quantitative estimate of drug-likeness (QED) is 0.774. The molecule has 0 spiro atoms. The highest BCUT2D eigenvalue weighted by Crippen LogP contribution is 2.18. The molecule has 0 amide bonds.